The van der Waals surface area contributed by atoms with Gasteiger partial charge < -0.3 is 10.4 Å². The maximum Gasteiger partial charge on any atom is 0.115 e. The molecule has 0 aliphatic carbocycles. The summed E-state index contributed by atoms with van der Waals surface area (Å²) in [6, 6.07) is 16.6. The fourth-order valence-corrected chi connectivity index (χ4v) is 3.24. The molecule has 2 aromatic carbocycles. The van der Waals surface area contributed by atoms with Gasteiger partial charge in [-0.2, -0.15) is 0 Å². The highest BCUT2D eigenvalue weighted by Gasteiger charge is 2.09. The van der Waals surface area contributed by atoms with Crippen molar-refractivity contribution in [3.05, 3.63) is 59.7 Å². The SMILES string of the molecule is CCNC(CSc1ccc(C)cc1)Cc1cccc(O)c1. The molecule has 2 N–H and O–H groups in total. The third-order valence-electron chi connectivity index (χ3n) is 3.36. The number of likely N-dealkylation sites (N-methyl/N-ethyl adjacent to an activating group) is 1. The van der Waals surface area contributed by atoms with E-state index in [2.05, 4.69) is 49.5 Å². The van der Waals surface area contributed by atoms with Crippen molar-refractivity contribution in [1.29, 1.82) is 0 Å². The Morgan fingerprint density at radius 3 is 2.57 bits per heavy atom. The normalized spacial score (nSPS) is 12.3. The second kappa shape index (κ2) is 8.11. The van der Waals surface area contributed by atoms with E-state index < -0.39 is 0 Å². The van der Waals surface area contributed by atoms with Gasteiger partial charge in [0.1, 0.15) is 5.75 Å². The van der Waals surface area contributed by atoms with Crippen LogP contribution in [0, 0.1) is 6.92 Å². The standard InChI is InChI=1S/C18H23NOS/c1-3-19-16(11-15-5-4-6-17(20)12-15)13-21-18-9-7-14(2)8-10-18/h4-10,12,16,19-20H,3,11,13H2,1-2H3. The largest absolute Gasteiger partial charge is 0.508 e. The van der Waals surface area contributed by atoms with E-state index >= 15 is 0 Å². The van der Waals surface area contributed by atoms with Crippen molar-refractivity contribution in [1.82, 2.24) is 5.32 Å². The topological polar surface area (TPSA) is 32.3 Å². The number of aryl methyl sites for hydroxylation is 1. The predicted octanol–water partition coefficient (Wildman–Crippen LogP) is 4.01. The van der Waals surface area contributed by atoms with Gasteiger partial charge in [-0.15, -0.1) is 11.8 Å². The van der Waals surface area contributed by atoms with Crippen molar-refractivity contribution in [3.8, 4) is 5.75 Å². The van der Waals surface area contributed by atoms with Crippen molar-refractivity contribution in [2.45, 2.75) is 31.2 Å². The number of thioether (sulfide) groups is 1. The molecule has 1 unspecified atom stereocenters. The molecule has 1 atom stereocenters. The Morgan fingerprint density at radius 1 is 1.14 bits per heavy atom. The van der Waals surface area contributed by atoms with E-state index in [1.807, 2.05) is 23.9 Å². The molecule has 3 heteroatoms. The Kier molecular flexibility index (Phi) is 6.15. The third kappa shape index (κ3) is 5.44. The minimum atomic E-state index is 0.342. The highest BCUT2D eigenvalue weighted by molar-refractivity contribution is 7.99. The van der Waals surface area contributed by atoms with Gasteiger partial charge in [0.25, 0.3) is 0 Å². The van der Waals surface area contributed by atoms with Gasteiger partial charge in [-0.3, -0.25) is 0 Å². The van der Waals surface area contributed by atoms with Crippen molar-refractivity contribution in [2.24, 2.45) is 0 Å². The molecule has 112 valence electrons. The van der Waals surface area contributed by atoms with Crippen LogP contribution in [0.15, 0.2) is 53.4 Å². The smallest absolute Gasteiger partial charge is 0.115 e. The van der Waals surface area contributed by atoms with Crippen LogP contribution >= 0.6 is 11.8 Å². The quantitative estimate of drug-likeness (QED) is 0.758. The monoisotopic (exact) mass is 301 g/mol. The summed E-state index contributed by atoms with van der Waals surface area (Å²) in [4.78, 5) is 1.31. The molecule has 0 saturated carbocycles. The molecule has 0 fully saturated rings. The van der Waals surface area contributed by atoms with Crippen LogP contribution in [0.5, 0.6) is 5.75 Å². The zero-order chi connectivity index (χ0) is 15.1. The van der Waals surface area contributed by atoms with Gasteiger partial charge in [-0.05, 0) is 49.7 Å². The van der Waals surface area contributed by atoms with Crippen LogP contribution in [0.4, 0.5) is 0 Å². The summed E-state index contributed by atoms with van der Waals surface area (Å²) in [6.45, 7) is 5.20. The Balaban J connectivity index is 1.93. The number of rotatable bonds is 7. The number of phenolic OH excluding ortho intramolecular Hbond substituents is 1. The molecule has 0 aromatic heterocycles. The molecule has 0 aliphatic heterocycles. The second-order valence-corrected chi connectivity index (χ2v) is 6.35. The minimum Gasteiger partial charge on any atom is -0.508 e. The number of phenols is 1. The molecule has 0 radical (unpaired) electrons. The third-order valence-corrected chi connectivity index (χ3v) is 4.53. The Hall–Kier alpha value is -1.45. The lowest BCUT2D eigenvalue weighted by Gasteiger charge is -2.18. The van der Waals surface area contributed by atoms with Crippen molar-refractivity contribution >= 4 is 11.8 Å². The van der Waals surface area contributed by atoms with E-state index in [9.17, 15) is 5.11 Å². The lowest BCUT2D eigenvalue weighted by Crippen LogP contribution is -2.33. The summed E-state index contributed by atoms with van der Waals surface area (Å²) in [5.41, 5.74) is 2.47. The van der Waals surface area contributed by atoms with Gasteiger partial charge in [-0.25, -0.2) is 0 Å². The molecular formula is C18H23NOS. The van der Waals surface area contributed by atoms with Crippen molar-refractivity contribution < 1.29 is 5.11 Å². The molecule has 2 nitrogen and oxygen atoms in total. The molecule has 0 spiro atoms. The Labute approximate surface area is 131 Å². The van der Waals surface area contributed by atoms with Gasteiger partial charge in [0.05, 0.1) is 0 Å². The summed E-state index contributed by atoms with van der Waals surface area (Å²) < 4.78 is 0. The molecule has 2 aromatic rings. The molecule has 0 saturated heterocycles. The van der Waals surface area contributed by atoms with Crippen LogP contribution in [-0.2, 0) is 6.42 Å². The van der Waals surface area contributed by atoms with Crippen LogP contribution < -0.4 is 5.32 Å². The van der Waals surface area contributed by atoms with Crippen molar-refractivity contribution in [3.63, 3.8) is 0 Å². The fraction of sp³-hybridized carbons (Fsp3) is 0.333. The first kappa shape index (κ1) is 15.9. The Bertz CT molecular complexity index is 553. The number of benzene rings is 2. The van der Waals surface area contributed by atoms with Crippen molar-refractivity contribution in [2.75, 3.05) is 12.3 Å². The highest BCUT2D eigenvalue weighted by Crippen LogP contribution is 2.21. The van der Waals surface area contributed by atoms with Crippen LogP contribution in [0.3, 0.4) is 0 Å². The number of aromatic hydroxyl groups is 1. The number of nitrogens with one attached hydrogen (secondary N) is 1. The highest BCUT2D eigenvalue weighted by atomic mass is 32.2. The van der Waals surface area contributed by atoms with E-state index in [1.54, 1.807) is 6.07 Å². The van der Waals surface area contributed by atoms with Gasteiger partial charge in [-0.1, -0.05) is 36.8 Å². The maximum atomic E-state index is 9.56. The van der Waals surface area contributed by atoms with Crippen LogP contribution in [0.1, 0.15) is 18.1 Å². The summed E-state index contributed by atoms with van der Waals surface area (Å²) >= 11 is 1.88. The molecule has 0 heterocycles. The predicted molar refractivity (Wildman–Crippen MR) is 91.2 cm³/mol. The minimum absolute atomic E-state index is 0.342. The average molecular weight is 301 g/mol. The molecule has 21 heavy (non-hydrogen) atoms. The van der Waals surface area contributed by atoms with Gasteiger partial charge in [0, 0.05) is 16.7 Å². The van der Waals surface area contributed by atoms with E-state index in [1.165, 1.54) is 16.0 Å². The number of hydrogen-bond acceptors (Lipinski definition) is 3. The summed E-state index contributed by atoms with van der Waals surface area (Å²) in [6.07, 6.45) is 0.932. The lowest BCUT2D eigenvalue weighted by atomic mass is 10.1. The van der Waals surface area contributed by atoms with Crippen LogP contribution in [0.25, 0.3) is 0 Å². The molecule has 2 rings (SSSR count). The lowest BCUT2D eigenvalue weighted by molar-refractivity contribution is 0.473. The van der Waals surface area contributed by atoms with Crippen LogP contribution in [-0.4, -0.2) is 23.4 Å². The first-order valence-corrected chi connectivity index (χ1v) is 8.36. The summed E-state index contributed by atoms with van der Waals surface area (Å²) in [7, 11) is 0. The van der Waals surface area contributed by atoms with Crippen LogP contribution in [0.2, 0.25) is 0 Å². The van der Waals surface area contributed by atoms with Gasteiger partial charge >= 0.3 is 0 Å². The molecular weight excluding hydrogens is 278 g/mol. The summed E-state index contributed by atoms with van der Waals surface area (Å²) in [5, 5.41) is 13.1. The van der Waals surface area contributed by atoms with E-state index in [-0.39, 0.29) is 0 Å². The van der Waals surface area contributed by atoms with E-state index in [0.29, 0.717) is 11.8 Å². The summed E-state index contributed by atoms with van der Waals surface area (Å²) in [5.74, 6) is 1.36. The zero-order valence-electron chi connectivity index (χ0n) is 12.7. The average Bonchev–Trinajstić information content (AvgIpc) is 2.47. The first-order chi connectivity index (χ1) is 10.2. The molecule has 0 amide bonds. The molecule has 0 aliphatic rings. The van der Waals surface area contributed by atoms with Gasteiger partial charge in [0.15, 0.2) is 0 Å². The molecule has 0 bridgehead atoms. The van der Waals surface area contributed by atoms with E-state index in [4.69, 9.17) is 0 Å². The Morgan fingerprint density at radius 2 is 1.90 bits per heavy atom. The first-order valence-electron chi connectivity index (χ1n) is 7.38. The second-order valence-electron chi connectivity index (χ2n) is 5.25. The van der Waals surface area contributed by atoms with Gasteiger partial charge in [0.2, 0.25) is 0 Å². The number of hydrogen-bond donors (Lipinski definition) is 2. The maximum absolute atomic E-state index is 9.56. The fourth-order valence-electron chi connectivity index (χ4n) is 2.28. The van der Waals surface area contributed by atoms with E-state index in [0.717, 1.165) is 18.7 Å². The zero-order valence-corrected chi connectivity index (χ0v) is 13.5.